The molecule has 1 aromatic rings. The second-order valence-electron chi connectivity index (χ2n) is 2.74. The molecule has 0 bridgehead atoms. The molecule has 0 aliphatic carbocycles. The van der Waals surface area contributed by atoms with Gasteiger partial charge in [0, 0.05) is 5.92 Å². The smallest absolute Gasteiger partial charge is 0.295 e. The van der Waals surface area contributed by atoms with E-state index in [0.29, 0.717) is 5.82 Å². The maximum atomic E-state index is 10.9. The summed E-state index contributed by atoms with van der Waals surface area (Å²) in [5.74, 6) is 0.371. The van der Waals surface area contributed by atoms with Crippen LogP contribution in [0.1, 0.15) is 36.3 Å². The highest BCUT2D eigenvalue weighted by Crippen LogP contribution is 2.09. The van der Waals surface area contributed by atoms with Crippen molar-refractivity contribution in [1.29, 1.82) is 0 Å². The quantitative estimate of drug-likeness (QED) is 0.659. The number of carbonyl (C=O) groups is 1. The molecule has 0 atom stereocenters. The lowest BCUT2D eigenvalue weighted by Gasteiger charge is -1.91. The number of Topliss-reactive ketones (excluding diaryl/α,β-unsaturated/α-hetero) is 1. The van der Waals surface area contributed by atoms with Crippen LogP contribution in [0, 0.1) is 0 Å². The van der Waals surface area contributed by atoms with Crippen molar-refractivity contribution in [1.82, 2.24) is 10.1 Å². The van der Waals surface area contributed by atoms with E-state index in [9.17, 15) is 4.79 Å². The van der Waals surface area contributed by atoms with Gasteiger partial charge in [-0.25, -0.2) is 0 Å². The van der Waals surface area contributed by atoms with Crippen LogP contribution in [0.25, 0.3) is 0 Å². The van der Waals surface area contributed by atoms with Crippen molar-refractivity contribution >= 4 is 5.78 Å². The van der Waals surface area contributed by atoms with Crippen molar-refractivity contribution in [2.24, 2.45) is 5.73 Å². The molecule has 12 heavy (non-hydrogen) atoms. The minimum atomic E-state index is -0.325. The molecule has 0 radical (unpaired) electrons. The van der Waals surface area contributed by atoms with Crippen LogP contribution >= 0.6 is 0 Å². The number of hydrogen-bond acceptors (Lipinski definition) is 5. The number of aromatic nitrogens is 2. The summed E-state index contributed by atoms with van der Waals surface area (Å²) >= 11 is 0. The normalized spacial score (nSPS) is 10.7. The Kier molecular flexibility index (Phi) is 2.54. The van der Waals surface area contributed by atoms with Gasteiger partial charge in [0.25, 0.3) is 5.89 Å². The highest BCUT2D eigenvalue weighted by Gasteiger charge is 2.14. The minimum absolute atomic E-state index is 0.00111. The van der Waals surface area contributed by atoms with Crippen molar-refractivity contribution in [3.8, 4) is 0 Å². The predicted molar refractivity (Wildman–Crippen MR) is 41.8 cm³/mol. The molecule has 0 saturated heterocycles. The van der Waals surface area contributed by atoms with Crippen LogP contribution in [0.3, 0.4) is 0 Å². The van der Waals surface area contributed by atoms with E-state index in [0.717, 1.165) is 0 Å². The molecule has 0 unspecified atom stereocenters. The Labute approximate surface area is 69.9 Å². The van der Waals surface area contributed by atoms with Crippen LogP contribution in [0.5, 0.6) is 0 Å². The van der Waals surface area contributed by atoms with Crippen molar-refractivity contribution in [3.63, 3.8) is 0 Å². The fraction of sp³-hybridized carbons (Fsp3) is 0.571. The summed E-state index contributed by atoms with van der Waals surface area (Å²) in [4.78, 5) is 14.8. The maximum Gasteiger partial charge on any atom is 0.295 e. The van der Waals surface area contributed by atoms with Crippen LogP contribution in [-0.2, 0) is 0 Å². The molecule has 0 aliphatic rings. The van der Waals surface area contributed by atoms with Gasteiger partial charge in [-0.3, -0.25) is 4.79 Å². The van der Waals surface area contributed by atoms with Gasteiger partial charge in [0.2, 0.25) is 5.78 Å². The van der Waals surface area contributed by atoms with E-state index in [4.69, 9.17) is 5.73 Å². The van der Waals surface area contributed by atoms with Crippen molar-refractivity contribution < 1.29 is 9.32 Å². The summed E-state index contributed by atoms with van der Waals surface area (Å²) in [6, 6.07) is 0. The first-order chi connectivity index (χ1) is 5.65. The van der Waals surface area contributed by atoms with E-state index in [1.54, 1.807) is 0 Å². The Morgan fingerprint density at radius 2 is 2.33 bits per heavy atom. The Bertz CT molecular complexity index is 280. The van der Waals surface area contributed by atoms with Crippen molar-refractivity contribution in [2.45, 2.75) is 19.8 Å². The summed E-state index contributed by atoms with van der Waals surface area (Å²) in [6.45, 7) is 3.74. The van der Waals surface area contributed by atoms with Crippen LogP contribution in [0.2, 0.25) is 0 Å². The zero-order valence-electron chi connectivity index (χ0n) is 7.07. The highest BCUT2D eigenvalue weighted by molar-refractivity contribution is 5.93. The summed E-state index contributed by atoms with van der Waals surface area (Å²) in [6.07, 6.45) is 0. The molecule has 1 aromatic heterocycles. The third-order valence-corrected chi connectivity index (χ3v) is 1.38. The van der Waals surface area contributed by atoms with Crippen molar-refractivity contribution in [3.05, 3.63) is 11.7 Å². The number of hydrogen-bond donors (Lipinski definition) is 1. The molecule has 5 nitrogen and oxygen atoms in total. The van der Waals surface area contributed by atoms with E-state index < -0.39 is 0 Å². The van der Waals surface area contributed by atoms with Crippen LogP contribution in [-0.4, -0.2) is 22.5 Å². The molecule has 0 aliphatic heterocycles. The fourth-order valence-electron chi connectivity index (χ4n) is 0.670. The van der Waals surface area contributed by atoms with E-state index in [1.165, 1.54) is 0 Å². The Morgan fingerprint density at radius 3 is 2.75 bits per heavy atom. The average Bonchev–Trinajstić information content (AvgIpc) is 2.51. The van der Waals surface area contributed by atoms with E-state index in [2.05, 4.69) is 14.7 Å². The van der Waals surface area contributed by atoms with Gasteiger partial charge in [0.15, 0.2) is 5.82 Å². The third kappa shape index (κ3) is 1.68. The second kappa shape index (κ2) is 3.44. The topological polar surface area (TPSA) is 82.0 Å². The first-order valence-corrected chi connectivity index (χ1v) is 3.72. The number of ketones is 1. The van der Waals surface area contributed by atoms with Gasteiger partial charge in [-0.1, -0.05) is 19.0 Å². The zero-order valence-corrected chi connectivity index (χ0v) is 7.07. The predicted octanol–water partition coefficient (Wildman–Crippen LogP) is 0.334. The first-order valence-electron chi connectivity index (χ1n) is 3.72. The van der Waals surface area contributed by atoms with Gasteiger partial charge in [0.05, 0.1) is 6.54 Å². The van der Waals surface area contributed by atoms with Gasteiger partial charge < -0.3 is 10.3 Å². The lowest BCUT2D eigenvalue weighted by Crippen LogP contribution is -2.13. The fourth-order valence-corrected chi connectivity index (χ4v) is 0.670. The average molecular weight is 169 g/mol. The summed E-state index contributed by atoms with van der Waals surface area (Å²) in [5, 5.41) is 3.62. The zero-order chi connectivity index (χ0) is 9.14. The molecule has 0 spiro atoms. The lowest BCUT2D eigenvalue weighted by atomic mass is 10.2. The molecule has 5 heteroatoms. The third-order valence-electron chi connectivity index (χ3n) is 1.38. The first kappa shape index (κ1) is 8.86. The SMILES string of the molecule is CC(C)c1noc(C(=O)CN)n1. The summed E-state index contributed by atoms with van der Waals surface area (Å²) < 4.78 is 4.69. The van der Waals surface area contributed by atoms with E-state index in [-0.39, 0.29) is 24.1 Å². The van der Waals surface area contributed by atoms with Gasteiger partial charge in [-0.2, -0.15) is 4.98 Å². The molecular weight excluding hydrogens is 158 g/mol. The highest BCUT2D eigenvalue weighted by atomic mass is 16.5. The molecular formula is C7H11N3O2. The standard InChI is InChI=1S/C7H11N3O2/c1-4(2)6-9-7(12-10-6)5(11)3-8/h4H,3,8H2,1-2H3. The second-order valence-corrected chi connectivity index (χ2v) is 2.74. The van der Waals surface area contributed by atoms with Gasteiger partial charge in [0.1, 0.15) is 0 Å². The van der Waals surface area contributed by atoms with Gasteiger partial charge >= 0.3 is 0 Å². The van der Waals surface area contributed by atoms with Crippen LogP contribution in [0.15, 0.2) is 4.52 Å². The van der Waals surface area contributed by atoms with Gasteiger partial charge in [-0.05, 0) is 0 Å². The van der Waals surface area contributed by atoms with Gasteiger partial charge in [-0.15, -0.1) is 0 Å². The Morgan fingerprint density at radius 1 is 1.67 bits per heavy atom. The molecule has 0 amide bonds. The molecule has 2 N–H and O–H groups in total. The lowest BCUT2D eigenvalue weighted by molar-refractivity contribution is 0.0959. The Balaban J connectivity index is 2.84. The Hall–Kier alpha value is -1.23. The molecule has 1 heterocycles. The van der Waals surface area contributed by atoms with Crippen LogP contribution < -0.4 is 5.73 Å². The van der Waals surface area contributed by atoms with Crippen LogP contribution in [0.4, 0.5) is 0 Å². The summed E-state index contributed by atoms with van der Waals surface area (Å²) in [7, 11) is 0. The number of carbonyl (C=O) groups excluding carboxylic acids is 1. The monoisotopic (exact) mass is 169 g/mol. The van der Waals surface area contributed by atoms with E-state index >= 15 is 0 Å². The number of rotatable bonds is 3. The van der Waals surface area contributed by atoms with E-state index in [1.807, 2.05) is 13.8 Å². The molecule has 0 saturated carbocycles. The number of nitrogens with two attached hydrogens (primary N) is 1. The van der Waals surface area contributed by atoms with Crippen molar-refractivity contribution in [2.75, 3.05) is 6.54 Å². The maximum absolute atomic E-state index is 10.9. The minimum Gasteiger partial charge on any atom is -0.331 e. The molecule has 66 valence electrons. The molecule has 0 fully saturated rings. The largest absolute Gasteiger partial charge is 0.331 e. The molecule has 1 rings (SSSR count). The number of nitrogens with zero attached hydrogens (tertiary/aromatic N) is 2. The summed E-state index contributed by atoms with van der Waals surface area (Å²) in [5.41, 5.74) is 5.11. The molecule has 0 aromatic carbocycles.